The zero-order chi connectivity index (χ0) is 16.1. The van der Waals surface area contributed by atoms with E-state index >= 15 is 0 Å². The maximum atomic E-state index is 11.9. The number of carbonyl (C=O) groups is 1. The van der Waals surface area contributed by atoms with E-state index in [9.17, 15) is 4.79 Å². The number of nitrogens with zero attached hydrogens (tertiary/aromatic N) is 3. The van der Waals surface area contributed by atoms with Crippen molar-refractivity contribution in [2.45, 2.75) is 6.61 Å². The van der Waals surface area contributed by atoms with Gasteiger partial charge < -0.3 is 14.6 Å². The molecule has 0 spiro atoms. The van der Waals surface area contributed by atoms with Crippen LogP contribution in [0.4, 0.5) is 5.13 Å². The normalized spacial score (nSPS) is 10.4. The van der Waals surface area contributed by atoms with Gasteiger partial charge in [0.2, 0.25) is 5.82 Å². The Morgan fingerprint density at radius 1 is 1.43 bits per heavy atom. The van der Waals surface area contributed by atoms with E-state index in [1.54, 1.807) is 11.5 Å². The maximum Gasteiger partial charge on any atom is 0.358 e. The van der Waals surface area contributed by atoms with Crippen molar-refractivity contribution in [2.75, 3.05) is 11.9 Å². The van der Waals surface area contributed by atoms with E-state index < -0.39 is 5.97 Å². The summed E-state index contributed by atoms with van der Waals surface area (Å²) in [4.78, 5) is 21.1. The van der Waals surface area contributed by atoms with Gasteiger partial charge in [-0.15, -0.1) is 29.3 Å². The quantitative estimate of drug-likeness (QED) is 0.518. The van der Waals surface area contributed by atoms with Gasteiger partial charge in [0.1, 0.15) is 0 Å². The molecule has 3 aromatic rings. The average Bonchev–Trinajstić information content (AvgIpc) is 3.31. The molecule has 23 heavy (non-hydrogen) atoms. The highest BCUT2D eigenvalue weighted by Crippen LogP contribution is 2.21. The van der Waals surface area contributed by atoms with Gasteiger partial charge in [-0.25, -0.2) is 9.78 Å². The second kappa shape index (κ2) is 7.16. The first-order valence-electron chi connectivity index (χ1n) is 6.60. The number of thiophene rings is 1. The van der Waals surface area contributed by atoms with Crippen LogP contribution in [0.5, 0.6) is 0 Å². The monoisotopic (exact) mass is 348 g/mol. The standard InChI is InChI=1S/C14H12N4O3S2/c1-2-5-15-14-16-9(8-23-14)13(19)20-7-11-17-12(18-21-11)10-4-3-6-22-10/h2-4,6,8H,1,5,7H2,(H,15,16). The van der Waals surface area contributed by atoms with E-state index in [2.05, 4.69) is 27.0 Å². The molecule has 1 N–H and O–H groups in total. The number of thiazole rings is 1. The lowest BCUT2D eigenvalue weighted by molar-refractivity contribution is 0.0424. The van der Waals surface area contributed by atoms with Gasteiger partial charge in [-0.3, -0.25) is 0 Å². The first kappa shape index (κ1) is 15.4. The Labute approximate surface area is 139 Å². The third-order valence-electron chi connectivity index (χ3n) is 2.65. The van der Waals surface area contributed by atoms with Crippen molar-refractivity contribution in [2.24, 2.45) is 0 Å². The molecular weight excluding hydrogens is 336 g/mol. The van der Waals surface area contributed by atoms with E-state index in [0.29, 0.717) is 17.5 Å². The third kappa shape index (κ3) is 3.82. The SMILES string of the molecule is C=CCNc1nc(C(=O)OCc2nc(-c3cccs3)no2)cs1. The average molecular weight is 348 g/mol. The van der Waals surface area contributed by atoms with Crippen LogP contribution in [0.3, 0.4) is 0 Å². The van der Waals surface area contributed by atoms with Crippen LogP contribution in [-0.4, -0.2) is 27.6 Å². The lowest BCUT2D eigenvalue weighted by Crippen LogP contribution is -2.06. The molecule has 0 atom stereocenters. The highest BCUT2D eigenvalue weighted by molar-refractivity contribution is 7.14. The molecule has 0 aromatic carbocycles. The van der Waals surface area contributed by atoms with Gasteiger partial charge in [0.05, 0.1) is 4.88 Å². The van der Waals surface area contributed by atoms with Crippen molar-refractivity contribution >= 4 is 33.8 Å². The van der Waals surface area contributed by atoms with Gasteiger partial charge in [0, 0.05) is 11.9 Å². The molecule has 0 bridgehead atoms. The van der Waals surface area contributed by atoms with Crippen LogP contribution in [-0.2, 0) is 11.3 Å². The summed E-state index contributed by atoms with van der Waals surface area (Å²) < 4.78 is 10.2. The van der Waals surface area contributed by atoms with Crippen molar-refractivity contribution in [3.05, 3.63) is 47.1 Å². The van der Waals surface area contributed by atoms with Gasteiger partial charge in [0.25, 0.3) is 5.89 Å². The summed E-state index contributed by atoms with van der Waals surface area (Å²) in [6.45, 7) is 4.09. The Bertz CT molecular complexity index is 795. The highest BCUT2D eigenvalue weighted by atomic mass is 32.1. The predicted molar refractivity (Wildman–Crippen MR) is 87.5 cm³/mol. The molecular formula is C14H12N4O3S2. The van der Waals surface area contributed by atoms with Crippen molar-refractivity contribution < 1.29 is 14.1 Å². The topological polar surface area (TPSA) is 90.1 Å². The molecule has 0 fully saturated rings. The summed E-state index contributed by atoms with van der Waals surface area (Å²) in [5.74, 6) is 0.182. The molecule has 0 aliphatic rings. The number of hydrogen-bond acceptors (Lipinski definition) is 9. The molecule has 0 aliphatic heterocycles. The summed E-state index contributed by atoms with van der Waals surface area (Å²) in [6, 6.07) is 3.79. The van der Waals surface area contributed by atoms with Crippen LogP contribution in [0.2, 0.25) is 0 Å². The van der Waals surface area contributed by atoms with Gasteiger partial charge in [-0.05, 0) is 11.4 Å². The summed E-state index contributed by atoms with van der Waals surface area (Å²) in [7, 11) is 0. The van der Waals surface area contributed by atoms with Gasteiger partial charge in [0.15, 0.2) is 17.4 Å². The van der Waals surface area contributed by atoms with Crippen LogP contribution >= 0.6 is 22.7 Å². The van der Waals surface area contributed by atoms with Crippen molar-refractivity contribution in [1.82, 2.24) is 15.1 Å². The minimum absolute atomic E-state index is 0.0931. The number of esters is 1. The molecule has 7 nitrogen and oxygen atoms in total. The second-order valence-electron chi connectivity index (χ2n) is 4.27. The zero-order valence-electron chi connectivity index (χ0n) is 11.9. The number of anilines is 1. The van der Waals surface area contributed by atoms with Gasteiger partial charge >= 0.3 is 5.97 Å². The Kier molecular flexibility index (Phi) is 4.79. The van der Waals surface area contributed by atoms with Crippen molar-refractivity contribution in [3.8, 4) is 10.7 Å². The molecule has 0 saturated heterocycles. The number of aromatic nitrogens is 3. The predicted octanol–water partition coefficient (Wildman–Crippen LogP) is 3.21. The van der Waals surface area contributed by atoms with Crippen LogP contribution in [0.1, 0.15) is 16.4 Å². The summed E-state index contributed by atoms with van der Waals surface area (Å²) in [5.41, 5.74) is 0.236. The van der Waals surface area contributed by atoms with Crippen molar-refractivity contribution in [3.63, 3.8) is 0 Å². The lowest BCUT2D eigenvalue weighted by atomic mass is 10.4. The van der Waals surface area contributed by atoms with E-state index in [4.69, 9.17) is 9.26 Å². The maximum absolute atomic E-state index is 11.9. The summed E-state index contributed by atoms with van der Waals surface area (Å²) in [5, 5.41) is 11.0. The molecule has 118 valence electrons. The number of nitrogens with one attached hydrogen (secondary N) is 1. The third-order valence-corrected chi connectivity index (χ3v) is 4.31. The zero-order valence-corrected chi connectivity index (χ0v) is 13.5. The Hall–Kier alpha value is -2.52. The summed E-state index contributed by atoms with van der Waals surface area (Å²) in [6.07, 6.45) is 1.71. The lowest BCUT2D eigenvalue weighted by Gasteiger charge is -1.98. The summed E-state index contributed by atoms with van der Waals surface area (Å²) >= 11 is 2.83. The number of rotatable bonds is 7. The van der Waals surface area contributed by atoms with E-state index in [1.807, 2.05) is 17.5 Å². The smallest absolute Gasteiger partial charge is 0.358 e. The second-order valence-corrected chi connectivity index (χ2v) is 6.08. The Balaban J connectivity index is 1.56. The van der Waals surface area contributed by atoms with Crippen LogP contribution in [0.15, 0.2) is 40.1 Å². The minimum Gasteiger partial charge on any atom is -0.451 e. The number of carbonyl (C=O) groups excluding carboxylic acids is 1. The molecule has 3 rings (SSSR count). The molecule has 0 radical (unpaired) electrons. The molecule has 0 saturated carbocycles. The molecule has 3 heterocycles. The van der Waals surface area contributed by atoms with Gasteiger partial charge in [-0.2, -0.15) is 4.98 Å². The molecule has 0 amide bonds. The van der Waals surface area contributed by atoms with Crippen molar-refractivity contribution in [1.29, 1.82) is 0 Å². The largest absolute Gasteiger partial charge is 0.451 e. The fourth-order valence-electron chi connectivity index (χ4n) is 1.63. The van der Waals surface area contributed by atoms with Crippen LogP contribution in [0, 0.1) is 0 Å². The fourth-order valence-corrected chi connectivity index (χ4v) is 2.97. The first-order chi connectivity index (χ1) is 11.3. The minimum atomic E-state index is -0.538. The molecule has 9 heteroatoms. The number of ether oxygens (including phenoxy) is 1. The van der Waals surface area contributed by atoms with E-state index in [1.165, 1.54) is 22.7 Å². The fraction of sp³-hybridized carbons (Fsp3) is 0.143. The first-order valence-corrected chi connectivity index (χ1v) is 8.36. The van der Waals surface area contributed by atoms with E-state index in [0.717, 1.165) is 4.88 Å². The molecule has 0 unspecified atom stereocenters. The molecule has 3 aromatic heterocycles. The van der Waals surface area contributed by atoms with Gasteiger partial charge in [-0.1, -0.05) is 17.3 Å². The Morgan fingerprint density at radius 3 is 3.13 bits per heavy atom. The van der Waals surface area contributed by atoms with E-state index in [-0.39, 0.29) is 18.2 Å². The number of hydrogen-bond donors (Lipinski definition) is 1. The Morgan fingerprint density at radius 2 is 2.35 bits per heavy atom. The highest BCUT2D eigenvalue weighted by Gasteiger charge is 2.15. The molecule has 0 aliphatic carbocycles. The van der Waals surface area contributed by atoms with Crippen LogP contribution in [0.25, 0.3) is 10.7 Å². The van der Waals surface area contributed by atoms with Crippen LogP contribution < -0.4 is 5.32 Å².